The van der Waals surface area contributed by atoms with Crippen molar-refractivity contribution in [2.24, 2.45) is 5.11 Å². The minimum absolute atomic E-state index is 0.116. The van der Waals surface area contributed by atoms with Crippen molar-refractivity contribution in [3.63, 3.8) is 0 Å². The van der Waals surface area contributed by atoms with Gasteiger partial charge < -0.3 is 9.47 Å². The van der Waals surface area contributed by atoms with Gasteiger partial charge in [0.1, 0.15) is 18.2 Å². The molecule has 1 amide bonds. The predicted molar refractivity (Wildman–Crippen MR) is 90.5 cm³/mol. The largest absolute Gasteiger partial charge is 0.459 e. The Morgan fingerprint density at radius 3 is 2.60 bits per heavy atom. The first-order valence-electron chi connectivity index (χ1n) is 8.04. The van der Waals surface area contributed by atoms with E-state index in [4.69, 9.17) is 15.0 Å². The quantitative estimate of drug-likeness (QED) is 0.360. The second kappa shape index (κ2) is 7.90. The molecule has 1 unspecified atom stereocenters. The van der Waals surface area contributed by atoms with Gasteiger partial charge in [-0.2, -0.15) is 0 Å². The van der Waals surface area contributed by atoms with E-state index in [1.165, 1.54) is 4.90 Å². The minimum atomic E-state index is -0.825. The number of azide groups is 1. The van der Waals surface area contributed by atoms with Crippen molar-refractivity contribution in [2.75, 3.05) is 6.54 Å². The van der Waals surface area contributed by atoms with Gasteiger partial charge in [-0.1, -0.05) is 35.4 Å². The molecule has 1 heterocycles. The molecule has 25 heavy (non-hydrogen) atoms. The number of carbonyl (C=O) groups is 2. The topological polar surface area (TPSA) is 105 Å². The van der Waals surface area contributed by atoms with Crippen LogP contribution in [0.3, 0.4) is 0 Å². The minimum Gasteiger partial charge on any atom is -0.459 e. The van der Waals surface area contributed by atoms with Gasteiger partial charge in [0.15, 0.2) is 0 Å². The molecule has 0 aromatic heterocycles. The van der Waals surface area contributed by atoms with Gasteiger partial charge in [0, 0.05) is 11.5 Å². The van der Waals surface area contributed by atoms with Crippen LogP contribution < -0.4 is 0 Å². The van der Waals surface area contributed by atoms with Crippen molar-refractivity contribution in [3.8, 4) is 0 Å². The zero-order valence-corrected chi connectivity index (χ0v) is 14.6. The van der Waals surface area contributed by atoms with Crippen LogP contribution in [0.1, 0.15) is 32.8 Å². The van der Waals surface area contributed by atoms with E-state index in [0.29, 0.717) is 0 Å². The van der Waals surface area contributed by atoms with Gasteiger partial charge in [0.05, 0.1) is 6.04 Å². The molecule has 0 N–H and O–H groups in total. The van der Waals surface area contributed by atoms with Gasteiger partial charge in [-0.3, -0.25) is 4.90 Å². The smallest absolute Gasteiger partial charge is 0.411 e. The fourth-order valence-electron chi connectivity index (χ4n) is 2.54. The molecule has 1 aromatic rings. The molecule has 0 aliphatic carbocycles. The first-order valence-corrected chi connectivity index (χ1v) is 8.04. The Morgan fingerprint density at radius 1 is 1.32 bits per heavy atom. The third-order valence-corrected chi connectivity index (χ3v) is 3.62. The summed E-state index contributed by atoms with van der Waals surface area (Å²) in [4.78, 5) is 28.8. The molecule has 2 rings (SSSR count). The predicted octanol–water partition coefficient (Wildman–Crippen LogP) is 3.42. The highest BCUT2D eigenvalue weighted by Crippen LogP contribution is 2.24. The maximum atomic E-state index is 12.4. The Kier molecular flexibility index (Phi) is 5.88. The summed E-state index contributed by atoms with van der Waals surface area (Å²) in [6, 6.07) is 7.96. The van der Waals surface area contributed by atoms with E-state index in [9.17, 15) is 9.59 Å². The van der Waals surface area contributed by atoms with Crippen molar-refractivity contribution >= 4 is 12.1 Å². The van der Waals surface area contributed by atoms with Crippen molar-refractivity contribution in [2.45, 2.75) is 51.5 Å². The summed E-state index contributed by atoms with van der Waals surface area (Å²) in [7, 11) is 0. The van der Waals surface area contributed by atoms with Crippen LogP contribution in [0.15, 0.2) is 35.4 Å². The van der Waals surface area contributed by atoms with Gasteiger partial charge in [0.25, 0.3) is 0 Å². The lowest BCUT2D eigenvalue weighted by Gasteiger charge is -2.27. The van der Waals surface area contributed by atoms with E-state index in [1.807, 2.05) is 30.3 Å². The molecule has 2 atom stereocenters. The molecule has 1 saturated heterocycles. The molecule has 8 nitrogen and oxygen atoms in total. The highest BCUT2D eigenvalue weighted by Gasteiger charge is 2.42. The first-order chi connectivity index (χ1) is 11.8. The van der Waals surface area contributed by atoms with Gasteiger partial charge in [-0.05, 0) is 38.3 Å². The molecule has 1 aromatic carbocycles. The van der Waals surface area contributed by atoms with Crippen LogP contribution in [0.2, 0.25) is 0 Å². The number of rotatable bonds is 4. The zero-order chi connectivity index (χ0) is 18.4. The Morgan fingerprint density at radius 2 is 2.00 bits per heavy atom. The number of hydrogen-bond acceptors (Lipinski definition) is 5. The molecule has 1 aliphatic heterocycles. The molecule has 134 valence electrons. The van der Waals surface area contributed by atoms with E-state index in [2.05, 4.69) is 10.0 Å². The summed E-state index contributed by atoms with van der Waals surface area (Å²) in [5, 5.41) is 3.63. The fourth-order valence-corrected chi connectivity index (χ4v) is 2.54. The second-order valence-corrected chi connectivity index (χ2v) is 6.84. The average molecular weight is 346 g/mol. The summed E-state index contributed by atoms with van der Waals surface area (Å²) in [5.41, 5.74) is 8.79. The zero-order valence-electron chi connectivity index (χ0n) is 14.6. The number of carbonyl (C=O) groups excluding carboxylic acids is 2. The van der Waals surface area contributed by atoms with Crippen LogP contribution in [0.4, 0.5) is 4.79 Å². The second-order valence-electron chi connectivity index (χ2n) is 6.84. The Hall–Kier alpha value is -2.73. The highest BCUT2D eigenvalue weighted by atomic mass is 16.6. The molecule has 8 heteroatoms. The van der Waals surface area contributed by atoms with Crippen LogP contribution in [-0.2, 0) is 20.9 Å². The summed E-state index contributed by atoms with van der Waals surface area (Å²) in [5.74, 6) is -0.537. The van der Waals surface area contributed by atoms with Crippen LogP contribution >= 0.6 is 0 Å². The number of likely N-dealkylation sites (tertiary alicyclic amines) is 1. The lowest BCUT2D eigenvalue weighted by Crippen LogP contribution is -2.44. The monoisotopic (exact) mass is 346 g/mol. The SMILES string of the molecule is CC(C)(C)OC(=O)N1CC(N=[N+]=[N-])C[C@H]1C(=O)OCc1ccccc1. The van der Waals surface area contributed by atoms with E-state index >= 15 is 0 Å². The standard InChI is InChI=1S/C17H22N4O4/c1-17(2,3)25-16(23)21-10-13(19-20-18)9-14(21)15(22)24-11-12-7-5-4-6-8-12/h4-8,13-14H,9-11H2,1-3H3/t13?,14-/m0/s1. The third kappa shape index (κ3) is 5.39. The van der Waals surface area contributed by atoms with Crippen LogP contribution in [0.5, 0.6) is 0 Å². The summed E-state index contributed by atoms with van der Waals surface area (Å²) in [6.45, 7) is 5.48. The molecule has 0 bridgehead atoms. The van der Waals surface area contributed by atoms with Crippen LogP contribution in [0, 0.1) is 0 Å². The number of benzene rings is 1. The molecule has 1 aliphatic rings. The maximum absolute atomic E-state index is 12.4. The van der Waals surface area contributed by atoms with Gasteiger partial charge in [0.2, 0.25) is 0 Å². The Bertz CT molecular complexity index is 665. The lowest BCUT2D eigenvalue weighted by atomic mass is 10.2. The molecular formula is C17H22N4O4. The van der Waals surface area contributed by atoms with Crippen LogP contribution in [-0.4, -0.2) is 41.2 Å². The normalized spacial score (nSPS) is 19.9. The van der Waals surface area contributed by atoms with Crippen molar-refractivity contribution in [1.82, 2.24) is 4.90 Å². The van der Waals surface area contributed by atoms with Crippen molar-refractivity contribution in [1.29, 1.82) is 0 Å². The lowest BCUT2D eigenvalue weighted by molar-refractivity contribution is -0.150. The maximum Gasteiger partial charge on any atom is 0.411 e. The summed E-state index contributed by atoms with van der Waals surface area (Å²) < 4.78 is 10.7. The molecule has 0 spiro atoms. The molecule has 1 fully saturated rings. The van der Waals surface area contributed by atoms with Crippen LogP contribution in [0.25, 0.3) is 10.4 Å². The average Bonchev–Trinajstić information content (AvgIpc) is 2.97. The van der Waals surface area contributed by atoms with E-state index in [-0.39, 0.29) is 19.6 Å². The fraction of sp³-hybridized carbons (Fsp3) is 0.529. The number of ether oxygens (including phenoxy) is 2. The first kappa shape index (κ1) is 18.6. The molecule has 0 saturated carbocycles. The highest BCUT2D eigenvalue weighted by molar-refractivity contribution is 5.82. The van der Waals surface area contributed by atoms with Gasteiger partial charge in [-0.15, -0.1) is 0 Å². The van der Waals surface area contributed by atoms with E-state index in [1.54, 1.807) is 20.8 Å². The van der Waals surface area contributed by atoms with E-state index in [0.717, 1.165) is 5.56 Å². The molecule has 0 radical (unpaired) electrons. The number of hydrogen-bond donors (Lipinski definition) is 0. The summed E-state index contributed by atoms with van der Waals surface area (Å²) in [6.07, 6.45) is -0.401. The third-order valence-electron chi connectivity index (χ3n) is 3.62. The van der Waals surface area contributed by atoms with E-state index < -0.39 is 29.7 Å². The van der Waals surface area contributed by atoms with Crippen molar-refractivity contribution < 1.29 is 19.1 Å². The number of nitrogens with zero attached hydrogens (tertiary/aromatic N) is 4. The Balaban J connectivity index is 2.06. The number of esters is 1. The van der Waals surface area contributed by atoms with Gasteiger partial charge >= 0.3 is 12.1 Å². The summed E-state index contributed by atoms with van der Waals surface area (Å²) >= 11 is 0. The molecular weight excluding hydrogens is 324 g/mol. The Labute approximate surface area is 146 Å². The van der Waals surface area contributed by atoms with Crippen molar-refractivity contribution in [3.05, 3.63) is 46.3 Å². The van der Waals surface area contributed by atoms with Gasteiger partial charge in [-0.25, -0.2) is 9.59 Å². The number of amides is 1.